The lowest BCUT2D eigenvalue weighted by atomic mass is 9.95. The van der Waals surface area contributed by atoms with Crippen LogP contribution in [0.1, 0.15) is 43.7 Å². The smallest absolute Gasteiger partial charge is 0.350 e. The van der Waals surface area contributed by atoms with E-state index in [1.807, 2.05) is 31.2 Å². The van der Waals surface area contributed by atoms with Crippen LogP contribution in [0.4, 0.5) is 5.13 Å². The summed E-state index contributed by atoms with van der Waals surface area (Å²) in [6.45, 7) is 7.56. The van der Waals surface area contributed by atoms with E-state index in [-0.39, 0.29) is 27.9 Å². The number of aryl methyl sites for hydroxylation is 2. The molecule has 1 aliphatic rings. The molecular weight excluding hydrogens is 580 g/mol. The van der Waals surface area contributed by atoms with Gasteiger partial charge < -0.3 is 19.3 Å². The van der Waals surface area contributed by atoms with Gasteiger partial charge in [0.05, 0.1) is 24.4 Å². The van der Waals surface area contributed by atoms with E-state index in [0.29, 0.717) is 34.9 Å². The lowest BCUT2D eigenvalue weighted by Crippen LogP contribution is -2.29. The van der Waals surface area contributed by atoms with E-state index in [4.69, 9.17) is 14.2 Å². The number of carbonyl (C=O) groups excluding carboxylic acids is 3. The average molecular weight is 611 g/mol. The monoisotopic (exact) mass is 610 g/mol. The minimum Gasteiger partial charge on any atom is -0.507 e. The number of methoxy groups -OCH3 is 1. The second kappa shape index (κ2) is 13.0. The molecule has 0 aliphatic carbocycles. The molecule has 4 aromatic rings. The van der Waals surface area contributed by atoms with E-state index in [0.717, 1.165) is 22.5 Å². The number of thiazole rings is 1. The number of ether oxygens (including phenoxy) is 3. The van der Waals surface area contributed by atoms with Crippen molar-refractivity contribution < 1.29 is 33.7 Å². The summed E-state index contributed by atoms with van der Waals surface area (Å²) in [4.78, 5) is 45.5. The first kappa shape index (κ1) is 30.2. The first-order valence-electron chi connectivity index (χ1n) is 13.7. The van der Waals surface area contributed by atoms with E-state index in [1.54, 1.807) is 55.5 Å². The van der Waals surface area contributed by atoms with Crippen LogP contribution < -0.4 is 14.4 Å². The summed E-state index contributed by atoms with van der Waals surface area (Å²) in [5.41, 5.74) is 3.25. The Balaban J connectivity index is 1.52. The first-order valence-corrected chi connectivity index (χ1v) is 14.5. The zero-order valence-electron chi connectivity index (χ0n) is 24.4. The van der Waals surface area contributed by atoms with Crippen LogP contribution in [0.3, 0.4) is 0 Å². The number of aliphatic hydroxyl groups excluding tert-OH is 1. The number of benzene rings is 3. The summed E-state index contributed by atoms with van der Waals surface area (Å²) in [7, 11) is 1.53. The summed E-state index contributed by atoms with van der Waals surface area (Å²) < 4.78 is 16.4. The molecule has 1 N–H and O–H groups in total. The fraction of sp³-hybridized carbons (Fsp3) is 0.176. The van der Waals surface area contributed by atoms with Gasteiger partial charge in [-0.3, -0.25) is 14.5 Å². The van der Waals surface area contributed by atoms with Crippen LogP contribution in [-0.2, 0) is 20.9 Å². The number of carbonyl (C=O) groups is 3. The molecule has 0 spiro atoms. The van der Waals surface area contributed by atoms with Gasteiger partial charge >= 0.3 is 11.9 Å². The van der Waals surface area contributed by atoms with Crippen LogP contribution in [0, 0.1) is 13.8 Å². The number of nitrogens with zero attached hydrogens (tertiary/aromatic N) is 2. The van der Waals surface area contributed by atoms with Crippen LogP contribution in [0.2, 0.25) is 0 Å². The topological polar surface area (TPSA) is 115 Å². The maximum absolute atomic E-state index is 13.6. The highest BCUT2D eigenvalue weighted by Gasteiger charge is 2.48. The number of Topliss-reactive ketones (excluding diaryl/α,β-unsaturated/α-hetero) is 1. The summed E-state index contributed by atoms with van der Waals surface area (Å²) >= 11 is 0.931. The van der Waals surface area contributed by atoms with Crippen LogP contribution in [0.25, 0.3) is 5.76 Å². The Morgan fingerprint density at radius 1 is 1.02 bits per heavy atom. The summed E-state index contributed by atoms with van der Waals surface area (Å²) in [6, 6.07) is 20.3. The highest BCUT2D eigenvalue weighted by atomic mass is 32.1. The van der Waals surface area contributed by atoms with Crippen molar-refractivity contribution >= 4 is 39.9 Å². The third-order valence-electron chi connectivity index (χ3n) is 7.17. The highest BCUT2D eigenvalue weighted by molar-refractivity contribution is 7.17. The van der Waals surface area contributed by atoms with Crippen molar-refractivity contribution in [2.24, 2.45) is 0 Å². The molecule has 0 saturated carbocycles. The number of aromatic nitrogens is 1. The fourth-order valence-corrected chi connectivity index (χ4v) is 5.79. The molecule has 1 atom stereocenters. The molecule has 5 rings (SSSR count). The molecule has 1 fully saturated rings. The minimum atomic E-state index is -1.03. The zero-order valence-corrected chi connectivity index (χ0v) is 25.2. The van der Waals surface area contributed by atoms with Crippen molar-refractivity contribution in [3.05, 3.63) is 124 Å². The molecule has 224 valence electrons. The average Bonchev–Trinajstić information content (AvgIpc) is 3.55. The quantitative estimate of drug-likeness (QED) is 0.0730. The van der Waals surface area contributed by atoms with Gasteiger partial charge in [0.25, 0.3) is 5.78 Å². The van der Waals surface area contributed by atoms with E-state index in [2.05, 4.69) is 11.6 Å². The van der Waals surface area contributed by atoms with Gasteiger partial charge in [-0.2, -0.15) is 0 Å². The molecule has 44 heavy (non-hydrogen) atoms. The molecule has 1 aliphatic heterocycles. The maximum Gasteiger partial charge on any atom is 0.350 e. The maximum atomic E-state index is 13.6. The Bertz CT molecular complexity index is 1760. The van der Waals surface area contributed by atoms with E-state index in [1.165, 1.54) is 18.1 Å². The summed E-state index contributed by atoms with van der Waals surface area (Å²) in [6.07, 6.45) is 1.44. The second-order valence-electron chi connectivity index (χ2n) is 9.98. The van der Waals surface area contributed by atoms with Gasteiger partial charge in [0.2, 0.25) is 0 Å². The lowest BCUT2D eigenvalue weighted by molar-refractivity contribution is -0.132. The van der Waals surface area contributed by atoms with Crippen molar-refractivity contribution in [2.45, 2.75) is 26.5 Å². The number of anilines is 1. The molecule has 1 aromatic heterocycles. The number of hydrogen-bond donors (Lipinski definition) is 1. The van der Waals surface area contributed by atoms with Crippen molar-refractivity contribution in [2.75, 3.05) is 18.6 Å². The number of ketones is 1. The van der Waals surface area contributed by atoms with E-state index >= 15 is 0 Å². The Kier molecular flexibility index (Phi) is 8.91. The predicted octanol–water partition coefficient (Wildman–Crippen LogP) is 6.32. The molecule has 9 nitrogen and oxygen atoms in total. The SMILES string of the molecule is C=CCOC(=O)c1sc(N2C(=O)C(=O)C(=C(O)c3ccc(OCc4ccccc4C)cc3)C2c2ccc(OC)cc2)nc1C. The Morgan fingerprint density at radius 3 is 2.36 bits per heavy atom. The van der Waals surface area contributed by atoms with E-state index < -0.39 is 23.7 Å². The lowest BCUT2D eigenvalue weighted by Gasteiger charge is -2.23. The largest absolute Gasteiger partial charge is 0.507 e. The van der Waals surface area contributed by atoms with Gasteiger partial charge in [-0.25, -0.2) is 9.78 Å². The molecule has 2 heterocycles. The van der Waals surface area contributed by atoms with Crippen molar-refractivity contribution in [1.29, 1.82) is 0 Å². The van der Waals surface area contributed by atoms with Crippen LogP contribution in [-0.4, -0.2) is 41.5 Å². The normalized spacial score (nSPS) is 15.7. The Morgan fingerprint density at radius 2 is 1.70 bits per heavy atom. The summed E-state index contributed by atoms with van der Waals surface area (Å²) in [5, 5.41) is 11.6. The van der Waals surface area contributed by atoms with Crippen LogP contribution in [0.15, 0.2) is 91.0 Å². The van der Waals surface area contributed by atoms with Crippen molar-refractivity contribution in [3.8, 4) is 11.5 Å². The number of esters is 1. The second-order valence-corrected chi connectivity index (χ2v) is 11.0. The van der Waals surface area contributed by atoms with Gasteiger partial charge in [-0.15, -0.1) is 0 Å². The predicted molar refractivity (Wildman–Crippen MR) is 167 cm³/mol. The Hall–Kier alpha value is -5.22. The third-order valence-corrected chi connectivity index (χ3v) is 8.31. The van der Waals surface area contributed by atoms with Crippen molar-refractivity contribution in [1.82, 2.24) is 4.98 Å². The van der Waals surface area contributed by atoms with Gasteiger partial charge in [0.1, 0.15) is 35.3 Å². The molecular formula is C34H30N2O7S. The number of rotatable bonds is 10. The molecule has 3 aromatic carbocycles. The third kappa shape index (κ3) is 5.97. The van der Waals surface area contributed by atoms with Gasteiger partial charge in [-0.05, 0) is 66.9 Å². The number of aliphatic hydroxyl groups is 1. The number of hydrogen-bond acceptors (Lipinski definition) is 9. The molecule has 0 bridgehead atoms. The molecule has 0 radical (unpaired) electrons. The highest BCUT2D eigenvalue weighted by Crippen LogP contribution is 2.44. The van der Waals surface area contributed by atoms with Gasteiger partial charge in [-0.1, -0.05) is 60.4 Å². The first-order chi connectivity index (χ1) is 21.2. The summed E-state index contributed by atoms with van der Waals surface area (Å²) in [5.74, 6) is -1.59. The van der Waals surface area contributed by atoms with Crippen LogP contribution in [0.5, 0.6) is 11.5 Å². The molecule has 1 amide bonds. The zero-order chi connectivity index (χ0) is 31.4. The van der Waals surface area contributed by atoms with Gasteiger partial charge in [0, 0.05) is 5.56 Å². The standard InChI is InChI=1S/C34H30N2O7S/c1-5-18-42-33(40)31-21(3)35-34(44-31)36-28(22-10-14-25(41-4)15-11-22)27(30(38)32(36)39)29(37)23-12-16-26(17-13-23)43-19-24-9-7-6-8-20(24)2/h5-17,28,37H,1,18-19H2,2-4H3. The number of amides is 1. The Labute approximate surface area is 258 Å². The fourth-order valence-electron chi connectivity index (χ4n) is 4.80. The molecule has 10 heteroatoms. The minimum absolute atomic E-state index is 0.0115. The van der Waals surface area contributed by atoms with E-state index in [9.17, 15) is 19.5 Å². The van der Waals surface area contributed by atoms with Crippen LogP contribution >= 0.6 is 11.3 Å². The molecule has 1 saturated heterocycles. The molecule has 1 unspecified atom stereocenters. The van der Waals surface area contributed by atoms with Crippen molar-refractivity contribution in [3.63, 3.8) is 0 Å². The van der Waals surface area contributed by atoms with Gasteiger partial charge in [0.15, 0.2) is 5.13 Å².